The molecule has 132 valence electrons. The molecule has 0 bridgehead atoms. The fourth-order valence-electron chi connectivity index (χ4n) is 1.94. The average molecular weight is 386 g/mol. The van der Waals surface area contributed by atoms with Gasteiger partial charge in [0.25, 0.3) is 5.91 Å². The molecular weight excluding hydrogens is 372 g/mol. The molecule has 0 saturated carbocycles. The summed E-state index contributed by atoms with van der Waals surface area (Å²) in [5.41, 5.74) is 0.638. The summed E-state index contributed by atoms with van der Waals surface area (Å²) in [7, 11) is 1.37. The first kappa shape index (κ1) is 19.0. The van der Waals surface area contributed by atoms with Crippen molar-refractivity contribution in [2.24, 2.45) is 0 Å². The molecule has 0 fully saturated rings. The maximum atomic E-state index is 13.8. The van der Waals surface area contributed by atoms with E-state index in [9.17, 15) is 14.0 Å². The Balaban J connectivity index is 2.01. The van der Waals surface area contributed by atoms with Gasteiger partial charge in [-0.3, -0.25) is 4.79 Å². The van der Waals surface area contributed by atoms with Crippen molar-refractivity contribution in [3.05, 3.63) is 57.3 Å². The van der Waals surface area contributed by atoms with Crippen LogP contribution >= 0.6 is 23.2 Å². The van der Waals surface area contributed by atoms with E-state index < -0.39 is 24.3 Å². The number of carbonyl (C=O) groups is 2. The molecule has 25 heavy (non-hydrogen) atoms. The Morgan fingerprint density at radius 3 is 2.56 bits per heavy atom. The number of hydrogen-bond donors (Lipinski definition) is 1. The first-order valence-electron chi connectivity index (χ1n) is 7.08. The Bertz CT molecular complexity index is 827. The maximum Gasteiger partial charge on any atom is 0.341 e. The fourth-order valence-corrected chi connectivity index (χ4v) is 2.41. The number of nitrogens with one attached hydrogen (secondary N) is 1. The van der Waals surface area contributed by atoms with Crippen LogP contribution in [0.25, 0.3) is 0 Å². The average Bonchev–Trinajstić information content (AvgIpc) is 2.59. The Morgan fingerprint density at radius 2 is 1.92 bits per heavy atom. The van der Waals surface area contributed by atoms with Gasteiger partial charge in [-0.15, -0.1) is 0 Å². The molecular formula is C17H14Cl2FNO4. The second kappa shape index (κ2) is 8.18. The van der Waals surface area contributed by atoms with Gasteiger partial charge >= 0.3 is 5.97 Å². The highest BCUT2D eigenvalue weighted by molar-refractivity contribution is 6.40. The number of aryl methyl sites for hydroxylation is 1. The van der Waals surface area contributed by atoms with Crippen LogP contribution in [0.2, 0.25) is 10.0 Å². The topological polar surface area (TPSA) is 64.6 Å². The van der Waals surface area contributed by atoms with Crippen LogP contribution in [0.5, 0.6) is 5.75 Å². The van der Waals surface area contributed by atoms with Crippen molar-refractivity contribution in [3.8, 4) is 5.75 Å². The zero-order valence-corrected chi connectivity index (χ0v) is 14.9. The van der Waals surface area contributed by atoms with Crippen LogP contribution in [0, 0.1) is 12.7 Å². The van der Waals surface area contributed by atoms with E-state index in [0.29, 0.717) is 0 Å². The van der Waals surface area contributed by atoms with Gasteiger partial charge in [0.15, 0.2) is 6.61 Å². The standard InChI is InChI=1S/C17H14Cl2FNO4/c1-9-3-6-12(18)16(15(9)19)21-14(22)8-25-17(23)11-5-4-10(24-2)7-13(11)20/h3-7H,8H2,1-2H3,(H,21,22). The van der Waals surface area contributed by atoms with Crippen LogP contribution in [0.15, 0.2) is 30.3 Å². The number of halogens is 3. The fraction of sp³-hybridized carbons (Fsp3) is 0.176. The Hall–Kier alpha value is -2.31. The molecule has 0 atom stereocenters. The van der Waals surface area contributed by atoms with Gasteiger partial charge in [-0.2, -0.15) is 0 Å². The summed E-state index contributed by atoms with van der Waals surface area (Å²) in [5, 5.41) is 3.00. The van der Waals surface area contributed by atoms with E-state index in [0.717, 1.165) is 11.6 Å². The summed E-state index contributed by atoms with van der Waals surface area (Å²) in [6, 6.07) is 6.95. The van der Waals surface area contributed by atoms with Crippen LogP contribution in [0.4, 0.5) is 10.1 Å². The molecule has 1 amide bonds. The molecule has 5 nitrogen and oxygen atoms in total. The van der Waals surface area contributed by atoms with Crippen molar-refractivity contribution < 1.29 is 23.5 Å². The third-order valence-electron chi connectivity index (χ3n) is 3.28. The minimum absolute atomic E-state index is 0.222. The molecule has 0 aromatic heterocycles. The summed E-state index contributed by atoms with van der Waals surface area (Å²) >= 11 is 12.1. The summed E-state index contributed by atoms with van der Waals surface area (Å²) in [6.45, 7) is 1.13. The van der Waals surface area contributed by atoms with E-state index in [4.69, 9.17) is 32.7 Å². The van der Waals surface area contributed by atoms with Crippen LogP contribution in [-0.4, -0.2) is 25.6 Å². The predicted octanol–water partition coefficient (Wildman–Crippen LogP) is 4.25. The lowest BCUT2D eigenvalue weighted by atomic mass is 10.2. The molecule has 2 aromatic rings. The molecule has 0 aliphatic carbocycles. The minimum atomic E-state index is -0.975. The highest BCUT2D eigenvalue weighted by Gasteiger charge is 2.17. The van der Waals surface area contributed by atoms with E-state index in [1.54, 1.807) is 19.1 Å². The number of amides is 1. The van der Waals surface area contributed by atoms with Gasteiger partial charge in [-0.25, -0.2) is 9.18 Å². The van der Waals surface area contributed by atoms with Crippen molar-refractivity contribution in [1.29, 1.82) is 0 Å². The largest absolute Gasteiger partial charge is 0.497 e. The van der Waals surface area contributed by atoms with Crippen molar-refractivity contribution >= 4 is 40.8 Å². The van der Waals surface area contributed by atoms with E-state index in [2.05, 4.69) is 5.32 Å². The molecule has 0 unspecified atom stereocenters. The van der Waals surface area contributed by atoms with Gasteiger partial charge in [0, 0.05) is 6.07 Å². The van der Waals surface area contributed by atoms with E-state index in [1.807, 2.05) is 0 Å². The first-order valence-corrected chi connectivity index (χ1v) is 7.84. The van der Waals surface area contributed by atoms with Gasteiger partial charge in [0.1, 0.15) is 11.6 Å². The van der Waals surface area contributed by atoms with Crippen LogP contribution in [0.1, 0.15) is 15.9 Å². The molecule has 0 aliphatic rings. The molecule has 0 spiro atoms. The normalized spacial score (nSPS) is 10.3. The zero-order valence-electron chi connectivity index (χ0n) is 13.4. The number of ether oxygens (including phenoxy) is 2. The number of esters is 1. The number of carbonyl (C=O) groups excluding carboxylic acids is 2. The lowest BCUT2D eigenvalue weighted by Gasteiger charge is -2.11. The number of rotatable bonds is 5. The van der Waals surface area contributed by atoms with E-state index in [-0.39, 0.29) is 27.0 Å². The van der Waals surface area contributed by atoms with Gasteiger partial charge in [0.05, 0.1) is 28.4 Å². The third-order valence-corrected chi connectivity index (χ3v) is 4.08. The van der Waals surface area contributed by atoms with Crippen molar-refractivity contribution in [1.82, 2.24) is 0 Å². The molecule has 0 heterocycles. The number of anilines is 1. The van der Waals surface area contributed by atoms with Crippen LogP contribution in [-0.2, 0) is 9.53 Å². The van der Waals surface area contributed by atoms with E-state index in [1.165, 1.54) is 19.2 Å². The maximum absolute atomic E-state index is 13.8. The molecule has 2 rings (SSSR count). The molecule has 1 N–H and O–H groups in total. The summed E-state index contributed by atoms with van der Waals surface area (Å²) in [6.07, 6.45) is 0. The highest BCUT2D eigenvalue weighted by atomic mass is 35.5. The third kappa shape index (κ3) is 4.61. The summed E-state index contributed by atoms with van der Waals surface area (Å²) < 4.78 is 23.4. The van der Waals surface area contributed by atoms with Crippen LogP contribution in [0.3, 0.4) is 0 Å². The smallest absolute Gasteiger partial charge is 0.341 e. The quantitative estimate of drug-likeness (QED) is 0.781. The van der Waals surface area contributed by atoms with Crippen molar-refractivity contribution in [2.45, 2.75) is 6.92 Å². The lowest BCUT2D eigenvalue weighted by molar-refractivity contribution is -0.119. The zero-order chi connectivity index (χ0) is 18.6. The number of hydrogen-bond acceptors (Lipinski definition) is 4. The lowest BCUT2D eigenvalue weighted by Crippen LogP contribution is -2.21. The van der Waals surface area contributed by atoms with Gasteiger partial charge < -0.3 is 14.8 Å². The predicted molar refractivity (Wildman–Crippen MR) is 93.1 cm³/mol. The number of methoxy groups -OCH3 is 1. The summed E-state index contributed by atoms with van der Waals surface area (Å²) in [4.78, 5) is 23.8. The molecule has 8 heteroatoms. The van der Waals surface area contributed by atoms with E-state index >= 15 is 0 Å². The Morgan fingerprint density at radius 1 is 1.20 bits per heavy atom. The highest BCUT2D eigenvalue weighted by Crippen LogP contribution is 2.32. The molecule has 2 aromatic carbocycles. The molecule has 0 radical (unpaired) electrons. The second-order valence-electron chi connectivity index (χ2n) is 5.02. The van der Waals surface area contributed by atoms with Crippen molar-refractivity contribution in [2.75, 3.05) is 19.0 Å². The molecule has 0 aliphatic heterocycles. The SMILES string of the molecule is COc1ccc(C(=O)OCC(=O)Nc2c(Cl)ccc(C)c2Cl)c(F)c1. The van der Waals surface area contributed by atoms with Gasteiger partial charge in [-0.1, -0.05) is 29.3 Å². The van der Waals surface area contributed by atoms with Gasteiger partial charge in [0.2, 0.25) is 0 Å². The minimum Gasteiger partial charge on any atom is -0.497 e. The van der Waals surface area contributed by atoms with Gasteiger partial charge in [-0.05, 0) is 30.7 Å². The van der Waals surface area contributed by atoms with Crippen molar-refractivity contribution in [3.63, 3.8) is 0 Å². The Kier molecular flexibility index (Phi) is 6.22. The Labute approximate surface area is 153 Å². The van der Waals surface area contributed by atoms with Crippen LogP contribution < -0.4 is 10.1 Å². The number of benzene rings is 2. The first-order chi connectivity index (χ1) is 11.8. The second-order valence-corrected chi connectivity index (χ2v) is 5.81. The summed E-state index contributed by atoms with van der Waals surface area (Å²) in [5.74, 6) is -2.18. The molecule has 0 saturated heterocycles. The monoisotopic (exact) mass is 385 g/mol.